The van der Waals surface area contributed by atoms with E-state index in [-0.39, 0.29) is 5.69 Å². The number of rotatable bonds is 13. The van der Waals surface area contributed by atoms with Crippen LogP contribution in [0.5, 0.6) is 5.75 Å². The summed E-state index contributed by atoms with van der Waals surface area (Å²) in [6.07, 6.45) is 8.69. The molecule has 0 saturated heterocycles. The lowest BCUT2D eigenvalue weighted by Gasteiger charge is -2.15. The summed E-state index contributed by atoms with van der Waals surface area (Å²) in [5.41, 5.74) is -0.0442. The molecule has 0 radical (unpaired) electrons. The van der Waals surface area contributed by atoms with E-state index in [0.29, 0.717) is 12.2 Å². The van der Waals surface area contributed by atoms with Gasteiger partial charge in [0.2, 0.25) is 0 Å². The van der Waals surface area contributed by atoms with Crippen molar-refractivity contribution in [3.8, 4) is 5.75 Å². The van der Waals surface area contributed by atoms with Crippen molar-refractivity contribution >= 4 is 11.7 Å². The molecule has 0 aromatic heterocycles. The van der Waals surface area contributed by atoms with E-state index in [4.69, 9.17) is 4.74 Å². The highest BCUT2D eigenvalue weighted by Gasteiger charge is 2.19. The van der Waals surface area contributed by atoms with Crippen molar-refractivity contribution in [1.29, 1.82) is 0 Å². The van der Waals surface area contributed by atoms with Crippen LogP contribution in [0.15, 0.2) is 24.3 Å². The molecule has 1 unspecified atom stereocenters. The SMILES string of the molecule is CCCCCCCCCCC(Oc1ccc([N+](=O)[O-])cc1)C(=O)O. The van der Waals surface area contributed by atoms with Gasteiger partial charge in [0.25, 0.3) is 5.69 Å². The predicted octanol–water partition coefficient (Wildman–Crippen LogP) is 4.96. The third kappa shape index (κ3) is 7.94. The first kappa shape index (κ1) is 19.9. The van der Waals surface area contributed by atoms with Gasteiger partial charge in [0.1, 0.15) is 5.75 Å². The molecule has 0 aliphatic carbocycles. The highest BCUT2D eigenvalue weighted by Crippen LogP contribution is 2.20. The Kier molecular flexibility index (Phi) is 9.49. The van der Waals surface area contributed by atoms with Gasteiger partial charge in [-0.05, 0) is 25.0 Å². The van der Waals surface area contributed by atoms with Crippen molar-refractivity contribution in [2.45, 2.75) is 70.8 Å². The molecule has 1 aromatic rings. The van der Waals surface area contributed by atoms with Gasteiger partial charge < -0.3 is 9.84 Å². The molecule has 0 aliphatic heterocycles. The number of benzene rings is 1. The fourth-order valence-corrected chi connectivity index (χ4v) is 2.51. The summed E-state index contributed by atoms with van der Waals surface area (Å²) < 4.78 is 5.45. The van der Waals surface area contributed by atoms with E-state index < -0.39 is 17.0 Å². The molecule has 1 N–H and O–H groups in total. The second-order valence-electron chi connectivity index (χ2n) is 5.96. The number of ether oxygens (including phenoxy) is 1. The number of aliphatic carboxylic acids is 1. The van der Waals surface area contributed by atoms with Gasteiger partial charge in [-0.3, -0.25) is 10.1 Å². The molecule has 0 spiro atoms. The number of carboxylic acid groups (broad SMARTS) is 1. The number of non-ortho nitro benzene ring substituents is 1. The molecule has 1 atom stereocenters. The molecular formula is C18H27NO5. The second-order valence-corrected chi connectivity index (χ2v) is 5.96. The maximum absolute atomic E-state index is 11.3. The second kappa shape index (κ2) is 11.4. The molecule has 0 saturated carbocycles. The highest BCUT2D eigenvalue weighted by molar-refractivity contribution is 5.72. The van der Waals surface area contributed by atoms with E-state index in [1.165, 1.54) is 56.4 Å². The third-order valence-corrected chi connectivity index (χ3v) is 3.92. The average Bonchev–Trinajstić information content (AvgIpc) is 2.56. The quantitative estimate of drug-likeness (QED) is 0.312. The summed E-state index contributed by atoms with van der Waals surface area (Å²) >= 11 is 0. The Labute approximate surface area is 143 Å². The van der Waals surface area contributed by atoms with Crippen molar-refractivity contribution in [2.75, 3.05) is 0 Å². The minimum absolute atomic E-state index is 0.0442. The van der Waals surface area contributed by atoms with Crippen LogP contribution in [0.3, 0.4) is 0 Å². The Morgan fingerprint density at radius 2 is 1.62 bits per heavy atom. The van der Waals surface area contributed by atoms with Gasteiger partial charge in [0, 0.05) is 12.1 Å². The number of hydrogen-bond donors (Lipinski definition) is 1. The minimum Gasteiger partial charge on any atom is -0.479 e. The van der Waals surface area contributed by atoms with Crippen LogP contribution in [0.25, 0.3) is 0 Å². The minimum atomic E-state index is -1.00. The predicted molar refractivity (Wildman–Crippen MR) is 92.4 cm³/mol. The van der Waals surface area contributed by atoms with E-state index in [2.05, 4.69) is 6.92 Å². The maximum Gasteiger partial charge on any atom is 0.344 e. The summed E-state index contributed by atoms with van der Waals surface area (Å²) in [6, 6.07) is 5.48. The van der Waals surface area contributed by atoms with Crippen LogP contribution in [0.2, 0.25) is 0 Å². The lowest BCUT2D eigenvalue weighted by molar-refractivity contribution is -0.384. The van der Waals surface area contributed by atoms with Crippen LogP contribution < -0.4 is 4.74 Å². The molecule has 1 aromatic carbocycles. The van der Waals surface area contributed by atoms with Gasteiger partial charge in [-0.1, -0.05) is 51.9 Å². The fourth-order valence-electron chi connectivity index (χ4n) is 2.51. The van der Waals surface area contributed by atoms with Crippen molar-refractivity contribution in [3.05, 3.63) is 34.4 Å². The molecule has 24 heavy (non-hydrogen) atoms. The largest absolute Gasteiger partial charge is 0.479 e. The van der Waals surface area contributed by atoms with Crippen LogP contribution in [-0.2, 0) is 4.79 Å². The Morgan fingerprint density at radius 3 is 2.12 bits per heavy atom. The standard InChI is InChI=1S/C18H27NO5/c1-2-3-4-5-6-7-8-9-10-17(18(20)21)24-16-13-11-15(12-14-16)19(22)23/h11-14,17H,2-10H2,1H3,(H,20,21). The average molecular weight is 337 g/mol. The zero-order valence-corrected chi connectivity index (χ0v) is 14.3. The zero-order valence-electron chi connectivity index (χ0n) is 14.3. The van der Waals surface area contributed by atoms with E-state index in [1.54, 1.807) is 0 Å². The Morgan fingerprint density at radius 1 is 1.08 bits per heavy atom. The topological polar surface area (TPSA) is 89.7 Å². The number of nitro benzene ring substituents is 1. The van der Waals surface area contributed by atoms with Crippen molar-refractivity contribution in [1.82, 2.24) is 0 Å². The summed E-state index contributed by atoms with van der Waals surface area (Å²) in [5, 5.41) is 19.8. The molecule has 0 heterocycles. The maximum atomic E-state index is 11.3. The van der Waals surface area contributed by atoms with Gasteiger partial charge in [-0.25, -0.2) is 4.79 Å². The van der Waals surface area contributed by atoms with E-state index in [9.17, 15) is 20.0 Å². The van der Waals surface area contributed by atoms with E-state index in [0.717, 1.165) is 19.3 Å². The normalized spacial score (nSPS) is 11.9. The van der Waals surface area contributed by atoms with Crippen LogP contribution in [-0.4, -0.2) is 22.1 Å². The lowest BCUT2D eigenvalue weighted by atomic mass is 10.1. The first-order valence-electron chi connectivity index (χ1n) is 8.68. The Balaban J connectivity index is 2.31. The number of unbranched alkanes of at least 4 members (excludes halogenated alkanes) is 7. The molecule has 134 valence electrons. The van der Waals surface area contributed by atoms with E-state index in [1.807, 2.05) is 0 Å². The van der Waals surface area contributed by atoms with Gasteiger partial charge in [-0.2, -0.15) is 0 Å². The summed E-state index contributed by atoms with van der Waals surface area (Å²) in [5.74, 6) is -0.663. The number of carbonyl (C=O) groups is 1. The monoisotopic (exact) mass is 337 g/mol. The smallest absolute Gasteiger partial charge is 0.344 e. The number of hydrogen-bond acceptors (Lipinski definition) is 4. The van der Waals surface area contributed by atoms with Gasteiger partial charge in [-0.15, -0.1) is 0 Å². The number of nitro groups is 1. The van der Waals surface area contributed by atoms with Crippen molar-refractivity contribution in [2.24, 2.45) is 0 Å². The van der Waals surface area contributed by atoms with Gasteiger partial charge in [0.05, 0.1) is 4.92 Å². The first-order valence-corrected chi connectivity index (χ1v) is 8.68. The van der Waals surface area contributed by atoms with Gasteiger partial charge >= 0.3 is 5.97 Å². The van der Waals surface area contributed by atoms with Crippen LogP contribution >= 0.6 is 0 Å². The summed E-state index contributed by atoms with van der Waals surface area (Å²) in [6.45, 7) is 2.19. The molecule has 0 fully saturated rings. The summed E-state index contributed by atoms with van der Waals surface area (Å²) in [4.78, 5) is 21.4. The molecule has 1 rings (SSSR count). The Hall–Kier alpha value is -2.11. The molecule has 0 amide bonds. The number of carboxylic acids is 1. The molecule has 0 aliphatic rings. The first-order chi connectivity index (χ1) is 11.5. The molecule has 0 bridgehead atoms. The van der Waals surface area contributed by atoms with Crippen LogP contribution in [0.1, 0.15) is 64.7 Å². The van der Waals surface area contributed by atoms with Crippen molar-refractivity contribution in [3.63, 3.8) is 0 Å². The zero-order chi connectivity index (χ0) is 17.8. The third-order valence-electron chi connectivity index (χ3n) is 3.92. The van der Waals surface area contributed by atoms with Crippen LogP contribution in [0.4, 0.5) is 5.69 Å². The fraction of sp³-hybridized carbons (Fsp3) is 0.611. The molecular weight excluding hydrogens is 310 g/mol. The number of nitrogens with zero attached hydrogens (tertiary/aromatic N) is 1. The van der Waals surface area contributed by atoms with E-state index >= 15 is 0 Å². The lowest BCUT2D eigenvalue weighted by Crippen LogP contribution is -2.26. The van der Waals surface area contributed by atoms with Crippen molar-refractivity contribution < 1.29 is 19.6 Å². The highest BCUT2D eigenvalue weighted by atomic mass is 16.6. The summed E-state index contributed by atoms with van der Waals surface area (Å²) in [7, 11) is 0. The van der Waals surface area contributed by atoms with Crippen LogP contribution in [0, 0.1) is 10.1 Å². The molecule has 6 heteroatoms. The van der Waals surface area contributed by atoms with Gasteiger partial charge in [0.15, 0.2) is 6.10 Å². The Bertz CT molecular complexity index is 501. The molecule has 6 nitrogen and oxygen atoms in total.